The van der Waals surface area contributed by atoms with Gasteiger partial charge in [0.2, 0.25) is 0 Å². The van der Waals surface area contributed by atoms with Gasteiger partial charge in [0, 0.05) is 26.2 Å². The molecule has 2 N–H and O–H groups in total. The topological polar surface area (TPSA) is 52.6 Å². The lowest BCUT2D eigenvalue weighted by molar-refractivity contribution is -0.138. The Bertz CT molecular complexity index is 146. The minimum absolute atomic E-state index is 0.105. The SMILES string of the molecule is [3H]N1CCN(CC(=O)O)CC1. The van der Waals surface area contributed by atoms with Gasteiger partial charge in [0.1, 0.15) is 1.41 Å². The van der Waals surface area contributed by atoms with Crippen molar-refractivity contribution in [3.8, 4) is 0 Å². The Hall–Kier alpha value is -0.610. The van der Waals surface area contributed by atoms with Crippen LogP contribution in [0, 0.1) is 0 Å². The summed E-state index contributed by atoms with van der Waals surface area (Å²) < 4.78 is 7.20. The highest BCUT2D eigenvalue weighted by atomic mass is 16.4. The molecule has 58 valence electrons. The summed E-state index contributed by atoms with van der Waals surface area (Å²) in [6.45, 7) is 2.78. The van der Waals surface area contributed by atoms with Crippen LogP contribution in [0.3, 0.4) is 0 Å². The summed E-state index contributed by atoms with van der Waals surface area (Å²) in [6.07, 6.45) is 0. The second-order valence-electron chi connectivity index (χ2n) is 2.34. The number of hydrogen-bond acceptors (Lipinski definition) is 3. The molecule has 4 heteroatoms. The fourth-order valence-electron chi connectivity index (χ4n) is 0.997. The molecule has 0 aromatic rings. The summed E-state index contributed by atoms with van der Waals surface area (Å²) in [5.41, 5.74) is 0. The third kappa shape index (κ3) is 2.33. The number of piperazine rings is 1. The van der Waals surface area contributed by atoms with Crippen LogP contribution in [0.5, 0.6) is 0 Å². The standard InChI is InChI=1S/C6H12N2O2/c9-6(10)5-8-3-1-7-2-4-8/h7H,1-5H2,(H,9,10)/i/hT. The minimum Gasteiger partial charge on any atom is -0.480 e. The maximum absolute atomic E-state index is 10.2. The zero-order valence-corrected chi connectivity index (χ0v) is 5.79. The molecular formula is C6H12N2O2. The highest BCUT2D eigenvalue weighted by molar-refractivity contribution is 5.69. The van der Waals surface area contributed by atoms with E-state index in [0.29, 0.717) is 26.2 Å². The molecule has 1 fully saturated rings. The lowest BCUT2D eigenvalue weighted by atomic mass is 10.3. The van der Waals surface area contributed by atoms with Crippen molar-refractivity contribution in [1.29, 1.82) is 0 Å². The van der Waals surface area contributed by atoms with Gasteiger partial charge in [-0.25, -0.2) is 0 Å². The molecule has 0 atom stereocenters. The summed E-state index contributed by atoms with van der Waals surface area (Å²) >= 11 is 0. The molecule has 0 aliphatic carbocycles. The second kappa shape index (κ2) is 3.53. The predicted octanol–water partition coefficient (Wildman–Crippen LogP) is -1.02. The number of carboxylic acids is 1. The molecule has 10 heavy (non-hydrogen) atoms. The van der Waals surface area contributed by atoms with E-state index in [1.54, 1.807) is 0 Å². The molecule has 1 heterocycles. The first-order chi connectivity index (χ1) is 5.18. The van der Waals surface area contributed by atoms with Gasteiger partial charge in [-0.3, -0.25) is 9.69 Å². The van der Waals surface area contributed by atoms with Crippen molar-refractivity contribution >= 4 is 5.97 Å². The van der Waals surface area contributed by atoms with Crippen LogP contribution in [0.2, 0.25) is 1.41 Å². The van der Waals surface area contributed by atoms with Gasteiger partial charge in [0.15, 0.2) is 0 Å². The van der Waals surface area contributed by atoms with E-state index in [4.69, 9.17) is 6.52 Å². The molecule has 1 aliphatic rings. The van der Waals surface area contributed by atoms with Crippen LogP contribution in [-0.4, -0.2) is 48.7 Å². The number of hydrogen-bond donors (Lipinski definition) is 2. The molecular weight excluding hydrogens is 132 g/mol. The Morgan fingerprint density at radius 1 is 1.70 bits per heavy atom. The predicted molar refractivity (Wildman–Crippen MR) is 36.9 cm³/mol. The molecule has 0 bridgehead atoms. The fraction of sp³-hybridized carbons (Fsp3) is 0.833. The molecule has 4 nitrogen and oxygen atoms in total. The summed E-state index contributed by atoms with van der Waals surface area (Å²) in [5.74, 6) is -0.788. The zero-order chi connectivity index (χ0) is 8.27. The average Bonchev–Trinajstić information content (AvgIpc) is 1.93. The van der Waals surface area contributed by atoms with Crippen molar-refractivity contribution in [1.82, 2.24) is 10.2 Å². The number of nitrogens with one attached hydrogen (secondary N) is 1. The first kappa shape index (κ1) is 6.12. The van der Waals surface area contributed by atoms with Gasteiger partial charge in [-0.2, -0.15) is 0 Å². The monoisotopic (exact) mass is 146 g/mol. The lowest BCUT2D eigenvalue weighted by Gasteiger charge is -2.25. The Labute approximate surface area is 61.3 Å². The van der Waals surface area contributed by atoms with Crippen molar-refractivity contribution in [2.45, 2.75) is 0 Å². The highest BCUT2D eigenvalue weighted by Gasteiger charge is 2.11. The third-order valence-corrected chi connectivity index (χ3v) is 1.51. The molecule has 0 aromatic heterocycles. The normalized spacial score (nSPS) is 24.2. The van der Waals surface area contributed by atoms with Gasteiger partial charge in [0.05, 0.1) is 6.54 Å². The smallest absolute Gasteiger partial charge is 0.317 e. The molecule has 1 aliphatic heterocycles. The van der Waals surface area contributed by atoms with Crippen molar-refractivity contribution < 1.29 is 11.3 Å². The van der Waals surface area contributed by atoms with Crippen molar-refractivity contribution in [3.63, 3.8) is 0 Å². The fourth-order valence-corrected chi connectivity index (χ4v) is 0.997. The second-order valence-corrected chi connectivity index (χ2v) is 2.34. The molecule has 0 amide bonds. The summed E-state index contributed by atoms with van der Waals surface area (Å²) in [6, 6.07) is 0. The van der Waals surface area contributed by atoms with Gasteiger partial charge in [-0.1, -0.05) is 0 Å². The van der Waals surface area contributed by atoms with E-state index in [1.807, 2.05) is 4.90 Å². The number of aliphatic carboxylic acids is 1. The van der Waals surface area contributed by atoms with E-state index in [-0.39, 0.29) is 6.54 Å². The van der Waals surface area contributed by atoms with Crippen LogP contribution in [0.25, 0.3) is 0 Å². The largest absolute Gasteiger partial charge is 0.480 e. The molecule has 1 saturated heterocycles. The van der Waals surface area contributed by atoms with Crippen LogP contribution in [0.15, 0.2) is 0 Å². The van der Waals surface area contributed by atoms with Gasteiger partial charge >= 0.3 is 5.97 Å². The van der Waals surface area contributed by atoms with Crippen LogP contribution < -0.4 is 5.31 Å². The molecule has 0 radical (unpaired) electrons. The van der Waals surface area contributed by atoms with Gasteiger partial charge in [-0.15, -0.1) is 0 Å². The van der Waals surface area contributed by atoms with E-state index in [0.717, 1.165) is 0 Å². The quantitative estimate of drug-likeness (QED) is 0.523. The van der Waals surface area contributed by atoms with E-state index in [2.05, 4.69) is 0 Å². The van der Waals surface area contributed by atoms with Crippen LogP contribution in [0.4, 0.5) is 0 Å². The first-order valence-corrected chi connectivity index (χ1v) is 3.36. The van der Waals surface area contributed by atoms with Gasteiger partial charge in [0.25, 0.3) is 0 Å². The zero-order valence-electron chi connectivity index (χ0n) is 6.79. The Kier molecular flexibility index (Phi) is 2.16. The maximum Gasteiger partial charge on any atom is 0.317 e. The van der Waals surface area contributed by atoms with Crippen molar-refractivity contribution in [2.24, 2.45) is 0 Å². The van der Waals surface area contributed by atoms with Crippen molar-refractivity contribution in [3.05, 3.63) is 0 Å². The molecule has 0 spiro atoms. The van der Waals surface area contributed by atoms with E-state index < -0.39 is 5.97 Å². The Balaban J connectivity index is 2.22. The molecule has 1 rings (SSSR count). The Morgan fingerprint density at radius 3 is 2.80 bits per heavy atom. The van der Waals surface area contributed by atoms with Crippen LogP contribution >= 0.6 is 0 Å². The number of rotatable bonds is 2. The summed E-state index contributed by atoms with van der Waals surface area (Å²) in [4.78, 5) is 12.1. The summed E-state index contributed by atoms with van der Waals surface area (Å²) in [7, 11) is 0. The van der Waals surface area contributed by atoms with E-state index >= 15 is 0 Å². The van der Waals surface area contributed by atoms with Crippen LogP contribution in [0.1, 0.15) is 0 Å². The first-order valence-electron chi connectivity index (χ1n) is 3.81. The van der Waals surface area contributed by atoms with Crippen LogP contribution in [-0.2, 0) is 4.79 Å². The van der Waals surface area contributed by atoms with Gasteiger partial charge < -0.3 is 10.4 Å². The number of nitrogens with zero attached hydrogens (tertiary/aromatic N) is 1. The minimum atomic E-state index is -0.788. The summed E-state index contributed by atoms with van der Waals surface area (Å²) in [5, 5.41) is 9.89. The van der Waals surface area contributed by atoms with E-state index in [1.165, 1.54) is 5.31 Å². The number of carboxylic acid groups (broad SMARTS) is 1. The Morgan fingerprint density at radius 2 is 2.30 bits per heavy atom. The maximum atomic E-state index is 10.2. The molecule has 0 aromatic carbocycles. The third-order valence-electron chi connectivity index (χ3n) is 1.51. The van der Waals surface area contributed by atoms with Crippen molar-refractivity contribution in [2.75, 3.05) is 32.7 Å². The lowest BCUT2D eigenvalue weighted by Crippen LogP contribution is -2.45. The molecule has 0 unspecified atom stereocenters. The number of carbonyl (C=O) groups is 1. The van der Waals surface area contributed by atoms with Gasteiger partial charge in [-0.05, 0) is 0 Å². The van der Waals surface area contributed by atoms with E-state index in [9.17, 15) is 4.79 Å². The highest BCUT2D eigenvalue weighted by Crippen LogP contribution is 1.89. The average molecular weight is 146 g/mol. The molecule has 0 saturated carbocycles.